The van der Waals surface area contributed by atoms with E-state index in [2.05, 4.69) is 6.92 Å². The molecule has 0 aliphatic heterocycles. The summed E-state index contributed by atoms with van der Waals surface area (Å²) in [5.41, 5.74) is -0.989. The van der Waals surface area contributed by atoms with Crippen LogP contribution >= 0.6 is 0 Å². The van der Waals surface area contributed by atoms with E-state index in [1.807, 2.05) is 0 Å². The maximum Gasteiger partial charge on any atom is 0.267 e. The molecule has 0 amide bonds. The number of alkyl halides is 2. The Morgan fingerprint density at radius 2 is 1.34 bits per heavy atom. The molecule has 3 fully saturated rings. The second kappa shape index (κ2) is 12.1. The van der Waals surface area contributed by atoms with Crippen molar-refractivity contribution in [1.82, 2.24) is 0 Å². The van der Waals surface area contributed by atoms with Crippen molar-refractivity contribution in [2.45, 2.75) is 104 Å². The predicted octanol–water partition coefficient (Wildman–Crippen LogP) is 9.17. The molecule has 0 unspecified atom stereocenters. The molecule has 0 heterocycles. The lowest BCUT2D eigenvalue weighted by Crippen LogP contribution is -2.30. The highest BCUT2D eigenvalue weighted by atomic mass is 19.3. The maximum absolute atomic E-state index is 14.6. The zero-order valence-corrected chi connectivity index (χ0v) is 21.5. The molecule has 0 saturated heterocycles. The van der Waals surface area contributed by atoms with Crippen LogP contribution < -0.4 is 4.74 Å². The van der Waals surface area contributed by atoms with Gasteiger partial charge in [0.15, 0.2) is 17.3 Å². The van der Waals surface area contributed by atoms with Gasteiger partial charge < -0.3 is 4.74 Å². The van der Waals surface area contributed by atoms with Crippen molar-refractivity contribution < 1.29 is 22.7 Å². The first-order chi connectivity index (χ1) is 16.9. The SMILES string of the molecule is CCOc1ccc(C(=O)CC2CCC(C3CCC(C4CCC(C)CC4)CC3)CC2)c(C(F)F)c1F. The lowest BCUT2D eigenvalue weighted by molar-refractivity contribution is 0.0878. The third-order valence-electron chi connectivity index (χ3n) is 9.54. The average Bonchev–Trinajstić information content (AvgIpc) is 2.86. The van der Waals surface area contributed by atoms with Crippen molar-refractivity contribution in [1.29, 1.82) is 0 Å². The van der Waals surface area contributed by atoms with Gasteiger partial charge in [-0.25, -0.2) is 13.2 Å². The monoisotopic (exact) mass is 492 g/mol. The molecular weight excluding hydrogens is 449 g/mol. The van der Waals surface area contributed by atoms with Crippen LogP contribution in [0, 0.1) is 41.3 Å². The summed E-state index contributed by atoms with van der Waals surface area (Å²) in [6, 6.07) is 2.62. The van der Waals surface area contributed by atoms with Gasteiger partial charge in [0.2, 0.25) is 0 Å². The lowest BCUT2D eigenvalue weighted by Gasteiger charge is -2.41. The molecule has 2 nitrogen and oxygen atoms in total. The number of ether oxygens (including phenoxy) is 1. The van der Waals surface area contributed by atoms with Crippen LogP contribution in [0.2, 0.25) is 0 Å². The summed E-state index contributed by atoms with van der Waals surface area (Å²) in [5, 5.41) is 0. The third-order valence-corrected chi connectivity index (χ3v) is 9.54. The summed E-state index contributed by atoms with van der Waals surface area (Å²) in [7, 11) is 0. The third kappa shape index (κ3) is 6.43. The number of carbonyl (C=O) groups excluding carboxylic acids is 1. The molecule has 3 aliphatic rings. The molecule has 3 saturated carbocycles. The second-order valence-electron chi connectivity index (χ2n) is 11.7. The van der Waals surface area contributed by atoms with Crippen LogP contribution in [0.3, 0.4) is 0 Å². The zero-order chi connectivity index (χ0) is 24.9. The molecule has 0 aromatic heterocycles. The van der Waals surface area contributed by atoms with Gasteiger partial charge in [0, 0.05) is 12.0 Å². The summed E-state index contributed by atoms with van der Waals surface area (Å²) >= 11 is 0. The molecule has 0 bridgehead atoms. The molecule has 0 atom stereocenters. The van der Waals surface area contributed by atoms with Gasteiger partial charge >= 0.3 is 0 Å². The smallest absolute Gasteiger partial charge is 0.267 e. The lowest BCUT2D eigenvalue weighted by atomic mass is 9.65. The average molecular weight is 493 g/mol. The van der Waals surface area contributed by atoms with Gasteiger partial charge in [0.25, 0.3) is 6.43 Å². The van der Waals surface area contributed by atoms with Crippen LogP contribution in [-0.2, 0) is 0 Å². The summed E-state index contributed by atoms with van der Waals surface area (Å²) < 4.78 is 46.9. The number of hydrogen-bond donors (Lipinski definition) is 0. The quantitative estimate of drug-likeness (QED) is 0.338. The number of hydrogen-bond acceptors (Lipinski definition) is 2. The minimum atomic E-state index is -3.04. The number of carbonyl (C=O) groups is 1. The van der Waals surface area contributed by atoms with Gasteiger partial charge in [-0.15, -0.1) is 0 Å². The molecule has 3 aliphatic carbocycles. The number of benzene rings is 1. The van der Waals surface area contributed by atoms with Crippen LogP contribution in [0.25, 0.3) is 0 Å². The van der Waals surface area contributed by atoms with Crippen molar-refractivity contribution in [3.63, 3.8) is 0 Å². The molecule has 35 heavy (non-hydrogen) atoms. The molecule has 5 heteroatoms. The number of Topliss-reactive ketones (excluding diaryl/α,β-unsaturated/α-hetero) is 1. The van der Waals surface area contributed by atoms with E-state index in [0.29, 0.717) is 0 Å². The summed E-state index contributed by atoms with van der Waals surface area (Å²) in [6.45, 7) is 4.24. The molecule has 0 spiro atoms. The molecule has 4 rings (SSSR count). The first-order valence-electron chi connectivity index (χ1n) is 14.1. The van der Waals surface area contributed by atoms with Crippen LogP contribution in [0.1, 0.15) is 120 Å². The number of halogens is 3. The van der Waals surface area contributed by atoms with Crippen LogP contribution in [0.15, 0.2) is 12.1 Å². The standard InChI is InChI=1S/C30H43F3O2/c1-3-35-27-17-16-25(28(29(27)31)30(32)33)26(34)18-20-6-10-22(11-7-20)24-14-12-23(13-15-24)21-8-4-19(2)5-9-21/h16-17,19-24,30H,3-15,18H2,1-2H3. The molecule has 1 aromatic carbocycles. The predicted molar refractivity (Wildman–Crippen MR) is 133 cm³/mol. The van der Waals surface area contributed by atoms with Gasteiger partial charge in [-0.05, 0) is 119 Å². The van der Waals surface area contributed by atoms with Crippen LogP contribution in [0.4, 0.5) is 13.2 Å². The topological polar surface area (TPSA) is 26.3 Å². The minimum absolute atomic E-state index is 0.178. The van der Waals surface area contributed by atoms with Crippen molar-refractivity contribution >= 4 is 5.78 Å². The summed E-state index contributed by atoms with van der Waals surface area (Å²) in [6.07, 6.45) is 12.6. The van der Waals surface area contributed by atoms with Gasteiger partial charge in [0.05, 0.1) is 12.2 Å². The van der Waals surface area contributed by atoms with Crippen molar-refractivity contribution in [2.24, 2.45) is 35.5 Å². The van der Waals surface area contributed by atoms with Gasteiger partial charge in [-0.2, -0.15) is 0 Å². The van der Waals surface area contributed by atoms with Crippen molar-refractivity contribution in [3.8, 4) is 5.75 Å². The highest BCUT2D eigenvalue weighted by Gasteiger charge is 2.35. The van der Waals surface area contributed by atoms with Crippen molar-refractivity contribution in [3.05, 3.63) is 29.1 Å². The molecule has 196 valence electrons. The molecular formula is C30H43F3O2. The summed E-state index contributed by atoms with van der Waals surface area (Å²) in [4.78, 5) is 12.9. The highest BCUT2D eigenvalue weighted by Crippen LogP contribution is 2.46. The fourth-order valence-corrected chi connectivity index (χ4v) is 7.38. The fourth-order valence-electron chi connectivity index (χ4n) is 7.38. The first-order valence-corrected chi connectivity index (χ1v) is 14.1. The minimum Gasteiger partial charge on any atom is -0.491 e. The summed E-state index contributed by atoms with van der Waals surface area (Å²) in [5.74, 6) is 2.89. The first kappa shape index (κ1) is 26.5. The Hall–Kier alpha value is -1.52. The Morgan fingerprint density at radius 3 is 1.83 bits per heavy atom. The number of rotatable bonds is 8. The largest absolute Gasteiger partial charge is 0.491 e. The van der Waals surface area contributed by atoms with E-state index < -0.39 is 17.8 Å². The van der Waals surface area contributed by atoms with E-state index in [4.69, 9.17) is 4.74 Å². The Bertz CT molecular complexity index is 830. The molecule has 0 N–H and O–H groups in total. The molecule has 1 aromatic rings. The number of ketones is 1. The van der Waals surface area contributed by atoms with Crippen LogP contribution in [-0.4, -0.2) is 12.4 Å². The molecule has 0 radical (unpaired) electrons. The Kier molecular flexibility index (Phi) is 9.21. The maximum atomic E-state index is 14.6. The van der Waals surface area contributed by atoms with E-state index in [-0.39, 0.29) is 36.0 Å². The van der Waals surface area contributed by atoms with E-state index in [1.165, 1.54) is 63.5 Å². The van der Waals surface area contributed by atoms with Crippen LogP contribution in [0.5, 0.6) is 5.75 Å². The second-order valence-corrected chi connectivity index (χ2v) is 11.7. The van der Waals surface area contributed by atoms with E-state index in [1.54, 1.807) is 6.92 Å². The van der Waals surface area contributed by atoms with E-state index >= 15 is 0 Å². The Balaban J connectivity index is 1.26. The van der Waals surface area contributed by atoms with E-state index in [0.717, 1.165) is 55.3 Å². The zero-order valence-electron chi connectivity index (χ0n) is 21.5. The van der Waals surface area contributed by atoms with Gasteiger partial charge in [0.1, 0.15) is 0 Å². The van der Waals surface area contributed by atoms with Crippen molar-refractivity contribution in [2.75, 3.05) is 6.61 Å². The fraction of sp³-hybridized carbons (Fsp3) is 0.767. The Labute approximate surface area is 209 Å². The normalized spacial score (nSPS) is 31.9. The Morgan fingerprint density at radius 1 is 0.857 bits per heavy atom. The van der Waals surface area contributed by atoms with Gasteiger partial charge in [-0.3, -0.25) is 4.79 Å². The van der Waals surface area contributed by atoms with Gasteiger partial charge in [-0.1, -0.05) is 19.8 Å². The van der Waals surface area contributed by atoms with E-state index in [9.17, 15) is 18.0 Å². The highest BCUT2D eigenvalue weighted by molar-refractivity contribution is 5.98.